The van der Waals surface area contributed by atoms with E-state index in [4.69, 9.17) is 0 Å². The lowest BCUT2D eigenvalue weighted by Gasteiger charge is -2.22. The van der Waals surface area contributed by atoms with Crippen molar-refractivity contribution >= 4 is 29.3 Å². The molecule has 1 aromatic rings. The van der Waals surface area contributed by atoms with E-state index in [9.17, 15) is 9.59 Å². The summed E-state index contributed by atoms with van der Waals surface area (Å²) in [6.07, 6.45) is 5.86. The minimum absolute atomic E-state index is 0.109. The highest BCUT2D eigenvalue weighted by atomic mass is 32.2. The fourth-order valence-corrected chi connectivity index (χ4v) is 4.21. The highest BCUT2D eigenvalue weighted by Crippen LogP contribution is 2.30. The van der Waals surface area contributed by atoms with Crippen molar-refractivity contribution in [2.45, 2.75) is 43.0 Å². The monoisotopic (exact) mass is 304 g/mol. The number of carbonyl (C=O) groups excluding carboxylic acids is 2. The lowest BCUT2D eigenvalue weighted by Crippen LogP contribution is -2.46. The quantitative estimate of drug-likeness (QED) is 0.866. The van der Waals surface area contributed by atoms with Crippen LogP contribution in [0.1, 0.15) is 25.7 Å². The predicted octanol–water partition coefficient (Wildman–Crippen LogP) is 2.19. The van der Waals surface area contributed by atoms with E-state index in [0.29, 0.717) is 17.0 Å². The summed E-state index contributed by atoms with van der Waals surface area (Å²) < 4.78 is 0. The van der Waals surface area contributed by atoms with E-state index in [1.165, 1.54) is 17.7 Å². The van der Waals surface area contributed by atoms with Crippen molar-refractivity contribution in [2.24, 2.45) is 0 Å². The lowest BCUT2D eigenvalue weighted by atomic mass is 10.1. The average molecular weight is 304 g/mol. The number of nitrogens with one attached hydrogen (secondary N) is 1. The molecule has 1 N–H and O–H groups in total. The van der Waals surface area contributed by atoms with Gasteiger partial charge in [-0.25, -0.2) is 4.90 Å². The van der Waals surface area contributed by atoms with Gasteiger partial charge in [0.25, 0.3) is 5.91 Å². The second-order valence-corrected chi connectivity index (χ2v) is 6.71. The molecule has 1 aliphatic heterocycles. The van der Waals surface area contributed by atoms with Crippen LogP contribution >= 0.6 is 11.8 Å². The van der Waals surface area contributed by atoms with Crippen LogP contribution in [0, 0.1) is 0 Å². The summed E-state index contributed by atoms with van der Waals surface area (Å²) >= 11 is 1.85. The summed E-state index contributed by atoms with van der Waals surface area (Å²) in [5, 5.41) is 3.98. The van der Waals surface area contributed by atoms with Crippen molar-refractivity contribution < 1.29 is 9.59 Å². The Morgan fingerprint density at radius 3 is 2.67 bits per heavy atom. The molecule has 3 atom stereocenters. The van der Waals surface area contributed by atoms with Gasteiger partial charge < -0.3 is 5.32 Å². The molecule has 3 rings (SSSR count). The molecule has 1 saturated carbocycles. The molecule has 0 aromatic heterocycles. The van der Waals surface area contributed by atoms with Crippen molar-refractivity contribution in [3.63, 3.8) is 0 Å². The number of hydrogen-bond donors (Lipinski definition) is 1. The van der Waals surface area contributed by atoms with Crippen LogP contribution in [0.5, 0.6) is 0 Å². The molecule has 3 unspecified atom stereocenters. The molecule has 1 aliphatic carbocycles. The Balaban J connectivity index is 1.72. The zero-order valence-corrected chi connectivity index (χ0v) is 12.9. The summed E-state index contributed by atoms with van der Waals surface area (Å²) in [5.41, 5.74) is 0.671. The Labute approximate surface area is 129 Å². The molecule has 0 bridgehead atoms. The van der Waals surface area contributed by atoms with Gasteiger partial charge in [0.1, 0.15) is 0 Å². The molecule has 0 spiro atoms. The van der Waals surface area contributed by atoms with Gasteiger partial charge in [-0.3, -0.25) is 9.59 Å². The standard InChI is InChI=1S/C16H20N2O2S/c1-21-14-9-5-8-12(14)17-13-10-15(19)18(16(13)20)11-6-3-2-4-7-11/h2-4,6-7,12-14,17H,5,8-10H2,1H3. The largest absolute Gasteiger partial charge is 0.301 e. The number of anilines is 1. The first kappa shape index (κ1) is 14.6. The Hall–Kier alpha value is -1.33. The number of carbonyl (C=O) groups is 2. The van der Waals surface area contributed by atoms with Crippen LogP contribution in [0.4, 0.5) is 5.69 Å². The van der Waals surface area contributed by atoms with Crippen LogP contribution in [0.2, 0.25) is 0 Å². The number of imide groups is 1. The van der Waals surface area contributed by atoms with Crippen molar-refractivity contribution in [1.29, 1.82) is 0 Å². The third kappa shape index (κ3) is 2.85. The Morgan fingerprint density at radius 2 is 1.95 bits per heavy atom. The lowest BCUT2D eigenvalue weighted by molar-refractivity contribution is -0.121. The third-order valence-electron chi connectivity index (χ3n) is 4.33. The first-order valence-corrected chi connectivity index (χ1v) is 8.70. The van der Waals surface area contributed by atoms with Crippen molar-refractivity contribution in [1.82, 2.24) is 5.32 Å². The first-order chi connectivity index (χ1) is 10.2. The fourth-order valence-electron chi connectivity index (χ4n) is 3.27. The van der Waals surface area contributed by atoms with E-state index in [-0.39, 0.29) is 24.3 Å². The third-order valence-corrected chi connectivity index (χ3v) is 5.50. The van der Waals surface area contributed by atoms with Gasteiger partial charge in [0.15, 0.2) is 0 Å². The van der Waals surface area contributed by atoms with Gasteiger partial charge in [-0.15, -0.1) is 0 Å². The zero-order chi connectivity index (χ0) is 14.8. The maximum Gasteiger partial charge on any atom is 0.251 e. The van der Waals surface area contributed by atoms with Crippen LogP contribution in [-0.4, -0.2) is 35.4 Å². The van der Waals surface area contributed by atoms with E-state index in [1.807, 2.05) is 30.0 Å². The molecule has 5 heteroatoms. The molecule has 2 fully saturated rings. The van der Waals surface area contributed by atoms with Crippen molar-refractivity contribution in [3.8, 4) is 0 Å². The molecule has 1 saturated heterocycles. The summed E-state index contributed by atoms with van der Waals surface area (Å²) in [6, 6.07) is 9.16. The molecule has 1 aromatic carbocycles. The number of amides is 2. The summed E-state index contributed by atoms with van der Waals surface area (Å²) in [7, 11) is 0. The van der Waals surface area contributed by atoms with Gasteiger partial charge in [0.05, 0.1) is 18.2 Å². The van der Waals surface area contributed by atoms with Crippen LogP contribution in [0.25, 0.3) is 0 Å². The molecule has 4 nitrogen and oxygen atoms in total. The van der Waals surface area contributed by atoms with Crippen LogP contribution in [-0.2, 0) is 9.59 Å². The molecule has 0 radical (unpaired) electrons. The van der Waals surface area contributed by atoms with E-state index in [2.05, 4.69) is 11.6 Å². The summed E-state index contributed by atoms with van der Waals surface area (Å²) in [4.78, 5) is 26.0. The molecule has 112 valence electrons. The SMILES string of the molecule is CSC1CCCC1NC1CC(=O)N(c2ccccc2)C1=O. The Bertz CT molecular complexity index is 534. The van der Waals surface area contributed by atoms with E-state index < -0.39 is 0 Å². The molecular weight excluding hydrogens is 284 g/mol. The number of thioether (sulfide) groups is 1. The summed E-state index contributed by atoms with van der Waals surface area (Å²) in [5.74, 6) is -0.222. The normalized spacial score (nSPS) is 29.4. The number of nitrogens with zero attached hydrogens (tertiary/aromatic N) is 1. The zero-order valence-electron chi connectivity index (χ0n) is 12.1. The van der Waals surface area contributed by atoms with Gasteiger partial charge in [0.2, 0.25) is 5.91 Å². The number of benzene rings is 1. The van der Waals surface area contributed by atoms with E-state index in [1.54, 1.807) is 12.1 Å². The van der Waals surface area contributed by atoms with Crippen LogP contribution < -0.4 is 10.2 Å². The van der Waals surface area contributed by atoms with Crippen LogP contribution in [0.15, 0.2) is 30.3 Å². The van der Waals surface area contributed by atoms with Gasteiger partial charge in [-0.2, -0.15) is 11.8 Å². The predicted molar refractivity (Wildman–Crippen MR) is 85.4 cm³/mol. The van der Waals surface area contributed by atoms with Crippen LogP contribution in [0.3, 0.4) is 0 Å². The maximum atomic E-state index is 12.5. The second kappa shape index (κ2) is 6.20. The van der Waals surface area contributed by atoms with Gasteiger partial charge in [-0.05, 0) is 31.2 Å². The molecular formula is C16H20N2O2S. The minimum Gasteiger partial charge on any atom is -0.301 e. The van der Waals surface area contributed by atoms with Crippen molar-refractivity contribution in [3.05, 3.63) is 30.3 Å². The second-order valence-electron chi connectivity index (χ2n) is 5.64. The van der Waals surface area contributed by atoms with E-state index >= 15 is 0 Å². The van der Waals surface area contributed by atoms with Crippen molar-refractivity contribution in [2.75, 3.05) is 11.2 Å². The molecule has 2 amide bonds. The highest BCUT2D eigenvalue weighted by molar-refractivity contribution is 7.99. The highest BCUT2D eigenvalue weighted by Gasteiger charge is 2.41. The summed E-state index contributed by atoms with van der Waals surface area (Å²) in [6.45, 7) is 0. The average Bonchev–Trinajstić information content (AvgIpc) is 3.05. The maximum absolute atomic E-state index is 12.5. The molecule has 1 heterocycles. The molecule has 2 aliphatic rings. The number of rotatable bonds is 4. The van der Waals surface area contributed by atoms with Gasteiger partial charge >= 0.3 is 0 Å². The minimum atomic E-state index is -0.365. The number of para-hydroxylation sites is 1. The Morgan fingerprint density at radius 1 is 1.19 bits per heavy atom. The Kier molecular flexibility index (Phi) is 4.31. The fraction of sp³-hybridized carbons (Fsp3) is 0.500. The molecule has 21 heavy (non-hydrogen) atoms. The van der Waals surface area contributed by atoms with Gasteiger partial charge in [0, 0.05) is 11.3 Å². The smallest absolute Gasteiger partial charge is 0.251 e. The topological polar surface area (TPSA) is 49.4 Å². The van der Waals surface area contributed by atoms with E-state index in [0.717, 1.165) is 6.42 Å². The van der Waals surface area contributed by atoms with Gasteiger partial charge in [-0.1, -0.05) is 24.6 Å². The number of hydrogen-bond acceptors (Lipinski definition) is 4. The first-order valence-electron chi connectivity index (χ1n) is 7.41.